The SMILES string of the molecule is CC(C)CC(CC(C)C)NCCS(C)=O. The van der Waals surface area contributed by atoms with Crippen LogP contribution >= 0.6 is 0 Å². The predicted molar refractivity (Wildman–Crippen MR) is 69.6 cm³/mol. The quantitative estimate of drug-likeness (QED) is 0.697. The zero-order valence-electron chi connectivity index (χ0n) is 10.9. The van der Waals surface area contributed by atoms with Gasteiger partial charge in [0.25, 0.3) is 0 Å². The Morgan fingerprint density at radius 1 is 1.07 bits per heavy atom. The van der Waals surface area contributed by atoms with Gasteiger partial charge in [0.15, 0.2) is 0 Å². The Morgan fingerprint density at radius 3 is 1.87 bits per heavy atom. The average molecular weight is 233 g/mol. The average Bonchev–Trinajstić information content (AvgIpc) is 2.00. The Bertz CT molecular complexity index is 170. The van der Waals surface area contributed by atoms with E-state index in [9.17, 15) is 4.21 Å². The lowest BCUT2D eigenvalue weighted by molar-refractivity contribution is 0.366. The number of hydrogen-bond donors (Lipinski definition) is 1. The van der Waals surface area contributed by atoms with Crippen LogP contribution in [0.25, 0.3) is 0 Å². The molecular formula is C12H27NOS. The molecule has 0 aliphatic heterocycles. The van der Waals surface area contributed by atoms with E-state index in [0.29, 0.717) is 6.04 Å². The van der Waals surface area contributed by atoms with Gasteiger partial charge in [-0.05, 0) is 24.7 Å². The van der Waals surface area contributed by atoms with E-state index in [1.54, 1.807) is 6.26 Å². The van der Waals surface area contributed by atoms with E-state index in [1.165, 1.54) is 12.8 Å². The molecule has 0 amide bonds. The molecule has 0 aromatic carbocycles. The molecule has 0 heterocycles. The Kier molecular flexibility index (Phi) is 8.34. The van der Waals surface area contributed by atoms with Gasteiger partial charge in [0.05, 0.1) is 0 Å². The first-order valence-corrected chi connectivity index (χ1v) is 7.68. The van der Waals surface area contributed by atoms with Gasteiger partial charge in [0, 0.05) is 35.4 Å². The second kappa shape index (κ2) is 8.28. The summed E-state index contributed by atoms with van der Waals surface area (Å²) < 4.78 is 10.9. The van der Waals surface area contributed by atoms with Crippen molar-refractivity contribution in [2.24, 2.45) is 11.8 Å². The molecule has 15 heavy (non-hydrogen) atoms. The monoisotopic (exact) mass is 233 g/mol. The maximum absolute atomic E-state index is 10.9. The van der Waals surface area contributed by atoms with E-state index in [0.717, 1.165) is 24.1 Å². The molecule has 0 aliphatic carbocycles. The second-order valence-corrected chi connectivity index (χ2v) is 6.74. The summed E-state index contributed by atoms with van der Waals surface area (Å²) in [6.07, 6.45) is 4.20. The molecule has 92 valence electrons. The van der Waals surface area contributed by atoms with E-state index in [1.807, 2.05) is 0 Å². The first-order chi connectivity index (χ1) is 6.91. The van der Waals surface area contributed by atoms with Gasteiger partial charge in [-0.3, -0.25) is 4.21 Å². The van der Waals surface area contributed by atoms with Crippen LogP contribution in [0.1, 0.15) is 40.5 Å². The molecular weight excluding hydrogens is 206 g/mol. The van der Waals surface area contributed by atoms with E-state index < -0.39 is 10.8 Å². The van der Waals surface area contributed by atoms with Gasteiger partial charge in [-0.1, -0.05) is 27.7 Å². The molecule has 0 bridgehead atoms. The standard InChI is InChI=1S/C12H27NOS/c1-10(2)8-12(9-11(3)4)13-6-7-15(5)14/h10-13H,6-9H2,1-5H3. The highest BCUT2D eigenvalue weighted by Crippen LogP contribution is 2.12. The molecule has 0 rings (SSSR count). The molecule has 0 radical (unpaired) electrons. The summed E-state index contributed by atoms with van der Waals surface area (Å²) in [4.78, 5) is 0. The van der Waals surface area contributed by atoms with E-state index in [2.05, 4.69) is 33.0 Å². The van der Waals surface area contributed by atoms with Crippen LogP contribution in [0.3, 0.4) is 0 Å². The lowest BCUT2D eigenvalue weighted by Gasteiger charge is -2.22. The minimum atomic E-state index is -0.670. The predicted octanol–water partition coefficient (Wildman–Crippen LogP) is 2.42. The molecule has 3 heteroatoms. The van der Waals surface area contributed by atoms with E-state index in [4.69, 9.17) is 0 Å². The maximum Gasteiger partial charge on any atom is 0.0357 e. The minimum absolute atomic E-state index is 0.591. The van der Waals surface area contributed by atoms with E-state index in [-0.39, 0.29) is 0 Å². The van der Waals surface area contributed by atoms with Gasteiger partial charge in [-0.2, -0.15) is 0 Å². The van der Waals surface area contributed by atoms with Crippen molar-refractivity contribution < 1.29 is 4.21 Å². The van der Waals surface area contributed by atoms with Gasteiger partial charge >= 0.3 is 0 Å². The van der Waals surface area contributed by atoms with Crippen molar-refractivity contribution >= 4 is 10.8 Å². The van der Waals surface area contributed by atoms with Crippen LogP contribution < -0.4 is 5.32 Å². The zero-order chi connectivity index (χ0) is 11.8. The summed E-state index contributed by atoms with van der Waals surface area (Å²) in [5.74, 6) is 2.23. The second-order valence-electron chi connectivity index (χ2n) is 5.19. The molecule has 0 saturated heterocycles. The van der Waals surface area contributed by atoms with Crippen LogP contribution in [0.2, 0.25) is 0 Å². The summed E-state index contributed by atoms with van der Waals surface area (Å²) in [6, 6.07) is 0.591. The minimum Gasteiger partial charge on any atom is -0.313 e. The van der Waals surface area contributed by atoms with Gasteiger partial charge < -0.3 is 5.32 Å². The van der Waals surface area contributed by atoms with Crippen LogP contribution in [-0.4, -0.2) is 28.8 Å². The first kappa shape index (κ1) is 15.1. The Hall–Kier alpha value is 0.110. The smallest absolute Gasteiger partial charge is 0.0357 e. The third-order valence-corrected chi connectivity index (χ3v) is 3.11. The van der Waals surface area contributed by atoms with Crippen LogP contribution in [0.5, 0.6) is 0 Å². The largest absolute Gasteiger partial charge is 0.313 e. The topological polar surface area (TPSA) is 29.1 Å². The van der Waals surface area contributed by atoms with Crippen LogP contribution in [-0.2, 0) is 10.8 Å². The van der Waals surface area contributed by atoms with Gasteiger partial charge in [-0.15, -0.1) is 0 Å². The fraction of sp³-hybridized carbons (Fsp3) is 1.00. The number of nitrogens with one attached hydrogen (secondary N) is 1. The highest BCUT2D eigenvalue weighted by molar-refractivity contribution is 7.84. The molecule has 2 nitrogen and oxygen atoms in total. The Balaban J connectivity index is 3.84. The van der Waals surface area contributed by atoms with Crippen molar-refractivity contribution in [2.75, 3.05) is 18.6 Å². The van der Waals surface area contributed by atoms with Crippen LogP contribution in [0.15, 0.2) is 0 Å². The highest BCUT2D eigenvalue weighted by Gasteiger charge is 2.11. The fourth-order valence-corrected chi connectivity index (χ4v) is 2.21. The number of rotatable bonds is 8. The zero-order valence-corrected chi connectivity index (χ0v) is 11.7. The maximum atomic E-state index is 10.9. The molecule has 0 aromatic rings. The third-order valence-electron chi connectivity index (χ3n) is 2.33. The van der Waals surface area contributed by atoms with Gasteiger partial charge in [-0.25, -0.2) is 0 Å². The molecule has 1 unspecified atom stereocenters. The van der Waals surface area contributed by atoms with Crippen molar-refractivity contribution in [3.05, 3.63) is 0 Å². The summed E-state index contributed by atoms with van der Waals surface area (Å²) in [5, 5.41) is 3.52. The molecule has 0 saturated carbocycles. The van der Waals surface area contributed by atoms with E-state index >= 15 is 0 Å². The van der Waals surface area contributed by atoms with Crippen molar-refractivity contribution in [3.8, 4) is 0 Å². The molecule has 0 aliphatic rings. The summed E-state index contributed by atoms with van der Waals surface area (Å²) >= 11 is 0. The fourth-order valence-electron chi connectivity index (χ4n) is 1.81. The normalized spacial score (nSPS) is 14.1. The lowest BCUT2D eigenvalue weighted by Crippen LogP contribution is -2.34. The molecule has 0 aromatic heterocycles. The van der Waals surface area contributed by atoms with Crippen LogP contribution in [0.4, 0.5) is 0 Å². The van der Waals surface area contributed by atoms with Crippen molar-refractivity contribution in [2.45, 2.75) is 46.6 Å². The summed E-state index contributed by atoms with van der Waals surface area (Å²) in [5.41, 5.74) is 0. The van der Waals surface area contributed by atoms with Crippen molar-refractivity contribution in [1.82, 2.24) is 5.32 Å². The lowest BCUT2D eigenvalue weighted by atomic mass is 9.96. The Morgan fingerprint density at radius 2 is 1.53 bits per heavy atom. The first-order valence-electron chi connectivity index (χ1n) is 5.95. The molecule has 1 atom stereocenters. The van der Waals surface area contributed by atoms with Crippen molar-refractivity contribution in [3.63, 3.8) is 0 Å². The summed E-state index contributed by atoms with van der Waals surface area (Å²) in [6.45, 7) is 9.91. The van der Waals surface area contributed by atoms with Gasteiger partial charge in [0.1, 0.15) is 0 Å². The van der Waals surface area contributed by atoms with Gasteiger partial charge in [0.2, 0.25) is 0 Å². The Labute approximate surface area is 97.7 Å². The van der Waals surface area contributed by atoms with Crippen LogP contribution in [0, 0.1) is 11.8 Å². The number of hydrogen-bond acceptors (Lipinski definition) is 2. The van der Waals surface area contributed by atoms with Crippen molar-refractivity contribution in [1.29, 1.82) is 0 Å². The highest BCUT2D eigenvalue weighted by atomic mass is 32.2. The summed E-state index contributed by atoms with van der Waals surface area (Å²) in [7, 11) is -0.670. The molecule has 0 fully saturated rings. The third kappa shape index (κ3) is 10.4. The molecule has 0 spiro atoms. The molecule has 1 N–H and O–H groups in total.